The lowest BCUT2D eigenvalue weighted by Gasteiger charge is -2.13. The van der Waals surface area contributed by atoms with E-state index in [1.807, 2.05) is 6.07 Å². The third-order valence-electron chi connectivity index (χ3n) is 3.08. The van der Waals surface area contributed by atoms with E-state index >= 15 is 0 Å². The molecule has 2 N–H and O–H groups in total. The number of carbonyl (C=O) groups is 2. The molecule has 96 valence electrons. The second-order valence-electron chi connectivity index (χ2n) is 4.25. The van der Waals surface area contributed by atoms with E-state index in [0.29, 0.717) is 18.6 Å². The van der Waals surface area contributed by atoms with Crippen molar-refractivity contribution in [2.24, 2.45) is 5.73 Å². The Balaban J connectivity index is 2.25. The molecule has 0 aromatic heterocycles. The van der Waals surface area contributed by atoms with Crippen molar-refractivity contribution in [1.82, 2.24) is 0 Å². The van der Waals surface area contributed by atoms with E-state index in [2.05, 4.69) is 0 Å². The zero-order valence-electron chi connectivity index (χ0n) is 10.5. The fraction of sp³-hybridized carbons (Fsp3) is 0.385. The number of nitrogens with two attached hydrogens (primary N) is 1. The van der Waals surface area contributed by atoms with Crippen molar-refractivity contribution in [3.05, 3.63) is 29.3 Å². The molecular formula is C13H16N2O3. The number of ether oxygens (including phenoxy) is 1. The first-order chi connectivity index (χ1) is 8.54. The summed E-state index contributed by atoms with van der Waals surface area (Å²) >= 11 is 0. The molecular weight excluding hydrogens is 232 g/mol. The van der Waals surface area contributed by atoms with Gasteiger partial charge in [0.05, 0.1) is 13.0 Å². The van der Waals surface area contributed by atoms with Crippen LogP contribution in [-0.2, 0) is 20.7 Å². The molecule has 0 bridgehead atoms. The molecule has 1 aromatic carbocycles. The molecule has 1 aliphatic heterocycles. The first-order valence-electron chi connectivity index (χ1n) is 5.86. The molecule has 1 amide bonds. The highest BCUT2D eigenvalue weighted by Gasteiger charge is 2.26. The quantitative estimate of drug-likeness (QED) is 0.802. The number of hydrogen-bond acceptors (Lipinski definition) is 4. The average Bonchev–Trinajstić information content (AvgIpc) is 2.64. The minimum absolute atomic E-state index is 0.0480. The summed E-state index contributed by atoms with van der Waals surface area (Å²) in [5.41, 5.74) is 8.27. The van der Waals surface area contributed by atoms with E-state index in [1.165, 1.54) is 0 Å². The Hall–Kier alpha value is -1.88. The molecule has 0 aliphatic carbocycles. The Bertz CT molecular complexity index is 499. The van der Waals surface area contributed by atoms with Gasteiger partial charge >= 0.3 is 5.97 Å². The van der Waals surface area contributed by atoms with Crippen LogP contribution >= 0.6 is 0 Å². The number of anilines is 1. The smallest absolute Gasteiger partial charge is 0.327 e. The molecule has 0 fully saturated rings. The van der Waals surface area contributed by atoms with Gasteiger partial charge in [-0.15, -0.1) is 0 Å². The second-order valence-corrected chi connectivity index (χ2v) is 4.25. The van der Waals surface area contributed by atoms with E-state index in [1.54, 1.807) is 31.0 Å². The van der Waals surface area contributed by atoms with E-state index in [-0.39, 0.29) is 5.91 Å². The van der Waals surface area contributed by atoms with Crippen molar-refractivity contribution < 1.29 is 14.3 Å². The van der Waals surface area contributed by atoms with Crippen LogP contribution in [0, 0.1) is 0 Å². The Morgan fingerprint density at radius 1 is 1.56 bits per heavy atom. The summed E-state index contributed by atoms with van der Waals surface area (Å²) in [6, 6.07) is 4.58. The van der Waals surface area contributed by atoms with E-state index in [4.69, 9.17) is 10.5 Å². The van der Waals surface area contributed by atoms with Gasteiger partial charge in [-0.2, -0.15) is 0 Å². The number of hydrogen-bond donors (Lipinski definition) is 1. The van der Waals surface area contributed by atoms with Gasteiger partial charge in [0.2, 0.25) is 5.91 Å². The Morgan fingerprint density at radius 2 is 2.28 bits per heavy atom. The molecule has 2 rings (SSSR count). The number of rotatable bonds is 3. The lowest BCUT2D eigenvalue weighted by Crippen LogP contribution is -2.23. The van der Waals surface area contributed by atoms with Crippen LogP contribution in [0.2, 0.25) is 0 Å². The fourth-order valence-corrected chi connectivity index (χ4v) is 2.05. The SMILES string of the molecule is CCOC(=O)C(N)c1ccc2c(c1)CC(=O)N2C. The van der Waals surface area contributed by atoms with Gasteiger partial charge in [0.15, 0.2) is 0 Å². The van der Waals surface area contributed by atoms with E-state index < -0.39 is 12.0 Å². The summed E-state index contributed by atoms with van der Waals surface area (Å²) in [7, 11) is 1.74. The standard InChI is InChI=1S/C13H16N2O3/c1-3-18-13(17)12(14)8-4-5-10-9(6-8)7-11(16)15(10)2/h4-6,12H,3,7,14H2,1-2H3. The normalized spacial score (nSPS) is 15.5. The monoisotopic (exact) mass is 248 g/mol. The maximum atomic E-state index is 11.6. The van der Waals surface area contributed by atoms with Gasteiger partial charge in [-0.3, -0.25) is 4.79 Å². The molecule has 0 spiro atoms. The summed E-state index contributed by atoms with van der Waals surface area (Å²) in [5.74, 6) is -0.401. The average molecular weight is 248 g/mol. The molecule has 18 heavy (non-hydrogen) atoms. The summed E-state index contributed by atoms with van der Waals surface area (Å²) < 4.78 is 4.88. The van der Waals surface area contributed by atoms with Crippen LogP contribution in [0.4, 0.5) is 5.69 Å². The van der Waals surface area contributed by atoms with Crippen molar-refractivity contribution in [3.8, 4) is 0 Å². The third-order valence-corrected chi connectivity index (χ3v) is 3.08. The predicted octanol–water partition coefficient (Wildman–Crippen LogP) is 0.768. The van der Waals surface area contributed by atoms with Crippen LogP contribution in [-0.4, -0.2) is 25.5 Å². The van der Waals surface area contributed by atoms with Gasteiger partial charge in [-0.25, -0.2) is 4.79 Å². The van der Waals surface area contributed by atoms with Gasteiger partial charge in [0.25, 0.3) is 0 Å². The largest absolute Gasteiger partial charge is 0.465 e. The number of nitrogens with zero attached hydrogens (tertiary/aromatic N) is 1. The van der Waals surface area contributed by atoms with Crippen molar-refractivity contribution in [2.45, 2.75) is 19.4 Å². The lowest BCUT2D eigenvalue weighted by atomic mass is 10.0. The Morgan fingerprint density at radius 3 is 2.94 bits per heavy atom. The number of fused-ring (bicyclic) bond motifs is 1. The zero-order valence-corrected chi connectivity index (χ0v) is 10.5. The molecule has 1 atom stereocenters. The van der Waals surface area contributed by atoms with Crippen LogP contribution in [0.3, 0.4) is 0 Å². The zero-order chi connectivity index (χ0) is 13.3. The summed E-state index contributed by atoms with van der Waals surface area (Å²) in [5, 5.41) is 0. The third kappa shape index (κ3) is 2.09. The van der Waals surface area contributed by atoms with Crippen molar-refractivity contribution in [1.29, 1.82) is 0 Å². The summed E-state index contributed by atoms with van der Waals surface area (Å²) in [6.45, 7) is 2.04. The minimum Gasteiger partial charge on any atom is -0.465 e. The predicted molar refractivity (Wildman–Crippen MR) is 67.1 cm³/mol. The highest BCUT2D eigenvalue weighted by molar-refractivity contribution is 6.01. The molecule has 5 heteroatoms. The molecule has 5 nitrogen and oxygen atoms in total. The highest BCUT2D eigenvalue weighted by Crippen LogP contribution is 2.29. The van der Waals surface area contributed by atoms with Gasteiger partial charge in [-0.05, 0) is 24.1 Å². The fourth-order valence-electron chi connectivity index (χ4n) is 2.05. The highest BCUT2D eigenvalue weighted by atomic mass is 16.5. The maximum absolute atomic E-state index is 11.6. The van der Waals surface area contributed by atoms with Crippen molar-refractivity contribution >= 4 is 17.6 Å². The first kappa shape index (κ1) is 12.6. The molecule has 1 aliphatic rings. The van der Waals surface area contributed by atoms with Gasteiger partial charge < -0.3 is 15.4 Å². The maximum Gasteiger partial charge on any atom is 0.327 e. The van der Waals surface area contributed by atoms with Gasteiger partial charge in [-0.1, -0.05) is 12.1 Å². The van der Waals surface area contributed by atoms with Crippen LogP contribution in [0.15, 0.2) is 18.2 Å². The van der Waals surface area contributed by atoms with E-state index in [0.717, 1.165) is 11.3 Å². The van der Waals surface area contributed by atoms with Crippen molar-refractivity contribution in [3.63, 3.8) is 0 Å². The van der Waals surface area contributed by atoms with Gasteiger partial charge in [0, 0.05) is 12.7 Å². The Kier molecular flexibility index (Phi) is 3.34. The molecule has 1 aromatic rings. The number of benzene rings is 1. The summed E-state index contributed by atoms with van der Waals surface area (Å²) in [4.78, 5) is 24.7. The number of amides is 1. The summed E-state index contributed by atoms with van der Waals surface area (Å²) in [6.07, 6.45) is 0.356. The van der Waals surface area contributed by atoms with Crippen LogP contribution in [0.1, 0.15) is 24.1 Å². The van der Waals surface area contributed by atoms with Crippen LogP contribution < -0.4 is 10.6 Å². The van der Waals surface area contributed by atoms with E-state index in [9.17, 15) is 9.59 Å². The Labute approximate surface area is 106 Å². The van der Waals surface area contributed by atoms with Crippen LogP contribution in [0.25, 0.3) is 0 Å². The topological polar surface area (TPSA) is 72.6 Å². The molecule has 1 unspecified atom stereocenters. The number of esters is 1. The number of likely N-dealkylation sites (N-methyl/N-ethyl adjacent to an activating group) is 1. The van der Waals surface area contributed by atoms with Crippen molar-refractivity contribution in [2.75, 3.05) is 18.6 Å². The lowest BCUT2D eigenvalue weighted by molar-refractivity contribution is -0.144. The van der Waals surface area contributed by atoms with Crippen LogP contribution in [0.5, 0.6) is 0 Å². The molecule has 0 saturated heterocycles. The second kappa shape index (κ2) is 4.78. The molecule has 0 radical (unpaired) electrons. The van der Waals surface area contributed by atoms with Gasteiger partial charge in [0.1, 0.15) is 6.04 Å². The number of carbonyl (C=O) groups excluding carboxylic acids is 2. The first-order valence-corrected chi connectivity index (χ1v) is 5.86. The molecule has 1 heterocycles. The minimum atomic E-state index is -0.795. The molecule has 0 saturated carbocycles.